The van der Waals surface area contributed by atoms with Crippen LogP contribution < -0.4 is 0 Å². The van der Waals surface area contributed by atoms with Gasteiger partial charge in [0.1, 0.15) is 5.78 Å². The molecule has 0 aliphatic heterocycles. The van der Waals surface area contributed by atoms with Crippen LogP contribution >= 0.6 is 0 Å². The van der Waals surface area contributed by atoms with Gasteiger partial charge in [-0.2, -0.15) is 0 Å². The molecule has 2 atom stereocenters. The highest BCUT2D eigenvalue weighted by molar-refractivity contribution is 5.75. The van der Waals surface area contributed by atoms with Gasteiger partial charge >= 0.3 is 0 Å². The van der Waals surface area contributed by atoms with Crippen molar-refractivity contribution >= 4 is 5.78 Å². The molecule has 0 unspecified atom stereocenters. The summed E-state index contributed by atoms with van der Waals surface area (Å²) in [6.45, 7) is 7.37. The lowest BCUT2D eigenvalue weighted by atomic mass is 9.89. The number of rotatable bonds is 7. The maximum absolute atomic E-state index is 10.9. The van der Waals surface area contributed by atoms with Crippen molar-refractivity contribution in [1.29, 1.82) is 0 Å². The molecule has 0 bridgehead atoms. The summed E-state index contributed by atoms with van der Waals surface area (Å²) < 4.78 is 0. The van der Waals surface area contributed by atoms with E-state index < -0.39 is 6.10 Å². The molecule has 0 aromatic rings. The van der Waals surface area contributed by atoms with Crippen LogP contribution in [0.1, 0.15) is 39.5 Å². The van der Waals surface area contributed by atoms with Crippen LogP contribution in [0.2, 0.25) is 0 Å². The predicted octanol–water partition coefficient (Wildman–Crippen LogP) is 2.32. The Morgan fingerprint density at radius 1 is 1.53 bits per heavy atom. The molecule has 0 heterocycles. The third-order valence-corrected chi connectivity index (χ3v) is 2.45. The molecule has 0 amide bonds. The van der Waals surface area contributed by atoms with Gasteiger partial charge in [-0.1, -0.05) is 12.2 Å². The second kappa shape index (κ2) is 7.25. The first-order valence-corrected chi connectivity index (χ1v) is 5.23. The zero-order valence-corrected chi connectivity index (χ0v) is 9.62. The summed E-state index contributed by atoms with van der Waals surface area (Å²) in [4.78, 5) is 10.9. The lowest BCUT2D eigenvalue weighted by Crippen LogP contribution is -2.14. The SMILES string of the molecule is C#CC[C@H](O)C[C@H](CCC(C)=O)C(=C)C. The van der Waals surface area contributed by atoms with Gasteiger partial charge in [0.25, 0.3) is 0 Å². The second-order valence-electron chi connectivity index (χ2n) is 4.08. The zero-order chi connectivity index (χ0) is 11.8. The molecule has 0 radical (unpaired) electrons. The third-order valence-electron chi connectivity index (χ3n) is 2.45. The number of carbonyl (C=O) groups is 1. The Bertz CT molecular complexity index is 260. The lowest BCUT2D eigenvalue weighted by molar-refractivity contribution is -0.117. The van der Waals surface area contributed by atoms with Crippen molar-refractivity contribution in [3.05, 3.63) is 12.2 Å². The zero-order valence-electron chi connectivity index (χ0n) is 9.62. The fraction of sp³-hybridized carbons (Fsp3) is 0.615. The van der Waals surface area contributed by atoms with Gasteiger partial charge in [-0.15, -0.1) is 12.3 Å². The first-order chi connectivity index (χ1) is 6.97. The molecular weight excluding hydrogens is 188 g/mol. The highest BCUT2D eigenvalue weighted by Gasteiger charge is 2.15. The molecule has 0 rings (SSSR count). The standard InChI is InChI=1S/C13H20O2/c1-5-6-13(15)9-12(10(2)3)8-7-11(4)14/h1,12-13,15H,2,6-9H2,3-4H3/t12-,13-/m0/s1. The highest BCUT2D eigenvalue weighted by atomic mass is 16.3. The summed E-state index contributed by atoms with van der Waals surface area (Å²) in [7, 11) is 0. The molecule has 84 valence electrons. The van der Waals surface area contributed by atoms with Crippen molar-refractivity contribution in [3.63, 3.8) is 0 Å². The van der Waals surface area contributed by atoms with Gasteiger partial charge in [-0.05, 0) is 32.6 Å². The van der Waals surface area contributed by atoms with Crippen molar-refractivity contribution in [2.45, 2.75) is 45.6 Å². The average molecular weight is 208 g/mol. The summed E-state index contributed by atoms with van der Waals surface area (Å²) in [6, 6.07) is 0. The van der Waals surface area contributed by atoms with Gasteiger partial charge < -0.3 is 9.90 Å². The van der Waals surface area contributed by atoms with Crippen LogP contribution in [0.25, 0.3) is 0 Å². The van der Waals surface area contributed by atoms with E-state index in [4.69, 9.17) is 6.42 Å². The molecular formula is C13H20O2. The van der Waals surface area contributed by atoms with Gasteiger partial charge in [-0.3, -0.25) is 0 Å². The molecule has 2 nitrogen and oxygen atoms in total. The normalized spacial score (nSPS) is 14.0. The summed E-state index contributed by atoms with van der Waals surface area (Å²) >= 11 is 0. The van der Waals surface area contributed by atoms with Crippen molar-refractivity contribution in [2.24, 2.45) is 5.92 Å². The van der Waals surface area contributed by atoms with Crippen LogP contribution in [-0.2, 0) is 4.79 Å². The van der Waals surface area contributed by atoms with E-state index in [0.717, 1.165) is 12.0 Å². The molecule has 0 saturated heterocycles. The number of allylic oxidation sites excluding steroid dienone is 1. The fourth-order valence-electron chi connectivity index (χ4n) is 1.49. The molecule has 0 aromatic carbocycles. The van der Waals surface area contributed by atoms with Crippen molar-refractivity contribution in [2.75, 3.05) is 0 Å². The largest absolute Gasteiger partial charge is 0.392 e. The van der Waals surface area contributed by atoms with Gasteiger partial charge in [0.05, 0.1) is 6.10 Å². The summed E-state index contributed by atoms with van der Waals surface area (Å²) in [6.07, 6.45) is 6.90. The Morgan fingerprint density at radius 3 is 2.53 bits per heavy atom. The van der Waals surface area contributed by atoms with Gasteiger partial charge in [-0.25, -0.2) is 0 Å². The first kappa shape index (κ1) is 13.9. The van der Waals surface area contributed by atoms with E-state index in [1.807, 2.05) is 6.92 Å². The average Bonchev–Trinajstić information content (AvgIpc) is 2.11. The predicted molar refractivity (Wildman–Crippen MR) is 62.3 cm³/mol. The topological polar surface area (TPSA) is 37.3 Å². The maximum Gasteiger partial charge on any atom is 0.129 e. The van der Waals surface area contributed by atoms with Crippen molar-refractivity contribution in [1.82, 2.24) is 0 Å². The monoisotopic (exact) mass is 208 g/mol. The Labute approximate surface area is 92.4 Å². The molecule has 0 aromatic heterocycles. The molecule has 15 heavy (non-hydrogen) atoms. The first-order valence-electron chi connectivity index (χ1n) is 5.23. The van der Waals surface area contributed by atoms with E-state index in [0.29, 0.717) is 19.3 Å². The second-order valence-corrected chi connectivity index (χ2v) is 4.08. The Balaban J connectivity index is 4.11. The van der Waals surface area contributed by atoms with Crippen molar-refractivity contribution < 1.29 is 9.90 Å². The summed E-state index contributed by atoms with van der Waals surface area (Å²) in [5.41, 5.74) is 1.01. The van der Waals surface area contributed by atoms with Gasteiger partial charge in [0, 0.05) is 12.8 Å². The van der Waals surface area contributed by atoms with Crippen LogP contribution in [0, 0.1) is 18.3 Å². The van der Waals surface area contributed by atoms with E-state index in [1.165, 1.54) is 0 Å². The fourth-order valence-corrected chi connectivity index (χ4v) is 1.49. The number of carbonyl (C=O) groups excluding carboxylic acids is 1. The van der Waals surface area contributed by atoms with E-state index in [2.05, 4.69) is 12.5 Å². The number of Topliss-reactive ketones (excluding diaryl/α,β-unsaturated/α-hetero) is 1. The Kier molecular flexibility index (Phi) is 6.73. The smallest absolute Gasteiger partial charge is 0.129 e. The molecule has 0 aliphatic carbocycles. The Morgan fingerprint density at radius 2 is 2.13 bits per heavy atom. The number of hydrogen-bond donors (Lipinski definition) is 1. The molecule has 1 N–H and O–H groups in total. The number of ketones is 1. The van der Waals surface area contributed by atoms with Crippen molar-refractivity contribution in [3.8, 4) is 12.3 Å². The lowest BCUT2D eigenvalue weighted by Gasteiger charge is -2.19. The number of terminal acetylenes is 1. The minimum atomic E-state index is -0.483. The van der Waals surface area contributed by atoms with E-state index >= 15 is 0 Å². The van der Waals surface area contributed by atoms with Crippen LogP contribution in [0.4, 0.5) is 0 Å². The van der Waals surface area contributed by atoms with E-state index in [1.54, 1.807) is 6.92 Å². The molecule has 2 heteroatoms. The maximum atomic E-state index is 10.9. The number of aliphatic hydroxyl groups excluding tert-OH is 1. The molecule has 0 fully saturated rings. The van der Waals surface area contributed by atoms with Crippen LogP contribution in [0.15, 0.2) is 12.2 Å². The van der Waals surface area contributed by atoms with Crippen LogP contribution in [0.5, 0.6) is 0 Å². The molecule has 0 spiro atoms. The van der Waals surface area contributed by atoms with Crippen LogP contribution in [-0.4, -0.2) is 17.0 Å². The minimum Gasteiger partial charge on any atom is -0.392 e. The number of hydrogen-bond acceptors (Lipinski definition) is 2. The van der Waals surface area contributed by atoms with E-state index in [9.17, 15) is 9.90 Å². The molecule has 0 aliphatic rings. The Hall–Kier alpha value is -1.07. The highest BCUT2D eigenvalue weighted by Crippen LogP contribution is 2.22. The van der Waals surface area contributed by atoms with Crippen LogP contribution in [0.3, 0.4) is 0 Å². The minimum absolute atomic E-state index is 0.174. The van der Waals surface area contributed by atoms with Gasteiger partial charge in [0.15, 0.2) is 0 Å². The summed E-state index contributed by atoms with van der Waals surface area (Å²) in [5.74, 6) is 2.80. The van der Waals surface area contributed by atoms with E-state index in [-0.39, 0.29) is 11.7 Å². The molecule has 0 saturated carbocycles. The number of aliphatic hydroxyl groups is 1. The third kappa shape index (κ3) is 6.93. The summed E-state index contributed by atoms with van der Waals surface area (Å²) in [5, 5.41) is 9.57. The van der Waals surface area contributed by atoms with Gasteiger partial charge in [0.2, 0.25) is 0 Å². The quantitative estimate of drug-likeness (QED) is 0.515.